The SMILES string of the molecule is CCC=CCCCc1c(C(C)CC(C)C)cc(N)c(C)c1N. The monoisotopic (exact) mass is 302 g/mol. The molecular weight excluding hydrogens is 268 g/mol. The van der Waals surface area contributed by atoms with Crippen LogP contribution in [0.3, 0.4) is 0 Å². The van der Waals surface area contributed by atoms with Crippen molar-refractivity contribution in [2.75, 3.05) is 11.5 Å². The van der Waals surface area contributed by atoms with Gasteiger partial charge < -0.3 is 11.5 Å². The molecule has 0 aromatic heterocycles. The Kier molecular flexibility index (Phi) is 7.50. The second kappa shape index (κ2) is 8.87. The first-order valence-electron chi connectivity index (χ1n) is 8.70. The third-order valence-corrected chi connectivity index (χ3v) is 4.38. The van der Waals surface area contributed by atoms with Gasteiger partial charge >= 0.3 is 0 Å². The van der Waals surface area contributed by atoms with Crippen molar-refractivity contribution in [2.45, 2.75) is 72.6 Å². The fourth-order valence-electron chi connectivity index (χ4n) is 3.13. The topological polar surface area (TPSA) is 52.0 Å². The Morgan fingerprint density at radius 3 is 2.41 bits per heavy atom. The highest BCUT2D eigenvalue weighted by Gasteiger charge is 2.17. The summed E-state index contributed by atoms with van der Waals surface area (Å²) in [5, 5.41) is 0. The van der Waals surface area contributed by atoms with Crippen molar-refractivity contribution in [3.05, 3.63) is 34.9 Å². The maximum Gasteiger partial charge on any atom is 0.0399 e. The van der Waals surface area contributed by atoms with E-state index >= 15 is 0 Å². The Balaban J connectivity index is 3.00. The van der Waals surface area contributed by atoms with Crippen molar-refractivity contribution in [3.63, 3.8) is 0 Å². The smallest absolute Gasteiger partial charge is 0.0399 e. The maximum absolute atomic E-state index is 6.40. The summed E-state index contributed by atoms with van der Waals surface area (Å²) in [4.78, 5) is 0. The van der Waals surface area contributed by atoms with Gasteiger partial charge in [-0.2, -0.15) is 0 Å². The van der Waals surface area contributed by atoms with Gasteiger partial charge in [0, 0.05) is 11.4 Å². The number of hydrogen-bond donors (Lipinski definition) is 2. The molecule has 0 radical (unpaired) electrons. The number of benzene rings is 1. The lowest BCUT2D eigenvalue weighted by Gasteiger charge is -2.22. The van der Waals surface area contributed by atoms with Crippen molar-refractivity contribution < 1.29 is 0 Å². The summed E-state index contributed by atoms with van der Waals surface area (Å²) in [6.45, 7) is 11.0. The molecular formula is C20H34N2. The van der Waals surface area contributed by atoms with Gasteiger partial charge in [0.2, 0.25) is 0 Å². The number of hydrogen-bond acceptors (Lipinski definition) is 2. The quantitative estimate of drug-likeness (QED) is 0.373. The fraction of sp³-hybridized carbons (Fsp3) is 0.600. The van der Waals surface area contributed by atoms with Crippen LogP contribution in [0.4, 0.5) is 11.4 Å². The summed E-state index contributed by atoms with van der Waals surface area (Å²) in [6, 6.07) is 2.16. The molecule has 1 aromatic carbocycles. The maximum atomic E-state index is 6.40. The first-order chi connectivity index (χ1) is 10.4. The summed E-state index contributed by atoms with van der Waals surface area (Å²) >= 11 is 0. The summed E-state index contributed by atoms with van der Waals surface area (Å²) < 4.78 is 0. The van der Waals surface area contributed by atoms with E-state index < -0.39 is 0 Å². The molecule has 0 spiro atoms. The van der Waals surface area contributed by atoms with E-state index in [9.17, 15) is 0 Å². The van der Waals surface area contributed by atoms with E-state index in [1.807, 2.05) is 6.92 Å². The van der Waals surface area contributed by atoms with Gasteiger partial charge in [0.25, 0.3) is 0 Å². The molecule has 0 bridgehead atoms. The second-order valence-electron chi connectivity index (χ2n) is 6.87. The minimum absolute atomic E-state index is 0.506. The number of rotatable bonds is 8. The largest absolute Gasteiger partial charge is 0.398 e. The van der Waals surface area contributed by atoms with Gasteiger partial charge in [0.1, 0.15) is 0 Å². The normalized spacial score (nSPS) is 13.2. The van der Waals surface area contributed by atoms with E-state index in [2.05, 4.69) is 45.9 Å². The Bertz CT molecular complexity index is 501. The van der Waals surface area contributed by atoms with Crippen LogP contribution >= 0.6 is 0 Å². The summed E-state index contributed by atoms with van der Waals surface area (Å²) in [5.74, 6) is 1.19. The molecule has 1 atom stereocenters. The molecule has 4 N–H and O–H groups in total. The van der Waals surface area contributed by atoms with Crippen LogP contribution in [-0.2, 0) is 6.42 Å². The van der Waals surface area contributed by atoms with Gasteiger partial charge in [-0.05, 0) is 73.6 Å². The minimum Gasteiger partial charge on any atom is -0.398 e. The van der Waals surface area contributed by atoms with Crippen LogP contribution in [-0.4, -0.2) is 0 Å². The summed E-state index contributed by atoms with van der Waals surface area (Å²) in [5.41, 5.74) is 18.0. The van der Waals surface area contributed by atoms with Crippen molar-refractivity contribution in [1.29, 1.82) is 0 Å². The molecule has 124 valence electrons. The zero-order valence-electron chi connectivity index (χ0n) is 15.1. The van der Waals surface area contributed by atoms with Crippen molar-refractivity contribution in [1.82, 2.24) is 0 Å². The van der Waals surface area contributed by atoms with Crippen LogP contribution in [0.25, 0.3) is 0 Å². The molecule has 0 fully saturated rings. The van der Waals surface area contributed by atoms with Crippen LogP contribution in [0.5, 0.6) is 0 Å². The van der Waals surface area contributed by atoms with Crippen molar-refractivity contribution in [2.24, 2.45) is 5.92 Å². The summed E-state index contributed by atoms with van der Waals surface area (Å²) in [7, 11) is 0. The molecule has 0 aliphatic carbocycles. The van der Waals surface area contributed by atoms with E-state index in [1.54, 1.807) is 0 Å². The zero-order chi connectivity index (χ0) is 16.7. The predicted octanol–water partition coefficient (Wildman–Crippen LogP) is 5.60. The van der Waals surface area contributed by atoms with E-state index in [-0.39, 0.29) is 0 Å². The molecule has 22 heavy (non-hydrogen) atoms. The van der Waals surface area contributed by atoms with E-state index in [0.29, 0.717) is 11.8 Å². The Morgan fingerprint density at radius 2 is 1.82 bits per heavy atom. The van der Waals surface area contributed by atoms with Crippen LogP contribution < -0.4 is 11.5 Å². The lowest BCUT2D eigenvalue weighted by Crippen LogP contribution is -2.09. The standard InChI is InChI=1S/C20H34N2/c1-6-7-8-9-10-11-17-18(15(4)12-14(2)3)13-19(21)16(5)20(17)22/h7-8,13-15H,6,9-12,21-22H2,1-5H3. The van der Waals surface area contributed by atoms with Gasteiger partial charge in [-0.3, -0.25) is 0 Å². The Hall–Kier alpha value is -1.44. The number of nitrogen functional groups attached to an aromatic ring is 2. The Morgan fingerprint density at radius 1 is 1.14 bits per heavy atom. The number of nitrogens with two attached hydrogens (primary N) is 2. The highest BCUT2D eigenvalue weighted by molar-refractivity contribution is 5.68. The van der Waals surface area contributed by atoms with Gasteiger partial charge in [0.05, 0.1) is 0 Å². The average Bonchev–Trinajstić information content (AvgIpc) is 2.45. The van der Waals surface area contributed by atoms with Crippen LogP contribution in [0.2, 0.25) is 0 Å². The third-order valence-electron chi connectivity index (χ3n) is 4.38. The molecule has 0 saturated heterocycles. The highest BCUT2D eigenvalue weighted by Crippen LogP contribution is 2.35. The average molecular weight is 303 g/mol. The molecule has 0 saturated carbocycles. The first kappa shape index (κ1) is 18.6. The number of unbranched alkanes of at least 4 members (excludes halogenated alkanes) is 1. The van der Waals surface area contributed by atoms with Gasteiger partial charge in [-0.1, -0.05) is 39.8 Å². The number of anilines is 2. The lowest BCUT2D eigenvalue weighted by molar-refractivity contribution is 0.521. The minimum atomic E-state index is 0.506. The molecule has 2 heteroatoms. The molecule has 0 aliphatic heterocycles. The van der Waals surface area contributed by atoms with Crippen molar-refractivity contribution >= 4 is 11.4 Å². The Labute approximate surface area is 137 Å². The zero-order valence-corrected chi connectivity index (χ0v) is 15.1. The molecule has 2 nitrogen and oxygen atoms in total. The van der Waals surface area contributed by atoms with E-state index in [4.69, 9.17) is 11.5 Å². The van der Waals surface area contributed by atoms with Gasteiger partial charge in [-0.15, -0.1) is 0 Å². The molecule has 0 amide bonds. The number of allylic oxidation sites excluding steroid dienone is 2. The molecule has 0 heterocycles. The molecule has 1 rings (SSSR count). The summed E-state index contributed by atoms with van der Waals surface area (Å²) in [6.07, 6.45) is 10.1. The second-order valence-corrected chi connectivity index (χ2v) is 6.87. The van der Waals surface area contributed by atoms with Gasteiger partial charge in [-0.25, -0.2) is 0 Å². The van der Waals surface area contributed by atoms with E-state index in [0.717, 1.165) is 42.6 Å². The first-order valence-corrected chi connectivity index (χ1v) is 8.70. The highest BCUT2D eigenvalue weighted by atomic mass is 14.6. The molecule has 1 aromatic rings. The fourth-order valence-corrected chi connectivity index (χ4v) is 3.13. The predicted molar refractivity (Wildman–Crippen MR) is 100 cm³/mol. The van der Waals surface area contributed by atoms with Crippen LogP contribution in [0.1, 0.15) is 76.0 Å². The van der Waals surface area contributed by atoms with Crippen molar-refractivity contribution in [3.8, 4) is 0 Å². The lowest BCUT2D eigenvalue weighted by atomic mass is 9.85. The van der Waals surface area contributed by atoms with Crippen LogP contribution in [0, 0.1) is 12.8 Å². The molecule has 1 unspecified atom stereocenters. The van der Waals surface area contributed by atoms with Crippen LogP contribution in [0.15, 0.2) is 18.2 Å². The third kappa shape index (κ3) is 5.08. The van der Waals surface area contributed by atoms with Gasteiger partial charge in [0.15, 0.2) is 0 Å². The molecule has 0 aliphatic rings. The van der Waals surface area contributed by atoms with E-state index in [1.165, 1.54) is 17.5 Å².